The van der Waals surface area contributed by atoms with Gasteiger partial charge in [-0.05, 0) is 39.2 Å². The van der Waals surface area contributed by atoms with Gasteiger partial charge in [-0.3, -0.25) is 0 Å². The van der Waals surface area contributed by atoms with E-state index in [9.17, 15) is 0 Å². The molecule has 1 fully saturated rings. The van der Waals surface area contributed by atoms with Crippen molar-refractivity contribution in [2.75, 3.05) is 33.7 Å². The van der Waals surface area contributed by atoms with Crippen molar-refractivity contribution in [3.63, 3.8) is 0 Å². The van der Waals surface area contributed by atoms with Gasteiger partial charge in [0.1, 0.15) is 0 Å². The Bertz CT molecular complexity index is 194. The molecule has 14 heavy (non-hydrogen) atoms. The van der Waals surface area contributed by atoms with E-state index in [1.165, 1.54) is 6.42 Å². The van der Waals surface area contributed by atoms with Gasteiger partial charge in [-0.25, -0.2) is 0 Å². The number of likely N-dealkylation sites (N-methyl/N-ethyl adjacent to an activating group) is 1. The van der Waals surface area contributed by atoms with Crippen LogP contribution in [0.15, 0.2) is 0 Å². The molecular formula is C10H21N3S. The number of hydrogen-bond donors (Lipinski definition) is 1. The van der Waals surface area contributed by atoms with E-state index in [1.54, 1.807) is 0 Å². The first kappa shape index (κ1) is 11.7. The Morgan fingerprint density at radius 3 is 2.79 bits per heavy atom. The van der Waals surface area contributed by atoms with Gasteiger partial charge in [-0.15, -0.1) is 0 Å². The van der Waals surface area contributed by atoms with E-state index in [0.717, 1.165) is 31.2 Å². The summed E-state index contributed by atoms with van der Waals surface area (Å²) in [4.78, 5) is 4.55. The van der Waals surface area contributed by atoms with Crippen molar-refractivity contribution >= 4 is 17.3 Å². The van der Waals surface area contributed by atoms with E-state index in [1.807, 2.05) is 0 Å². The molecule has 4 heteroatoms. The summed E-state index contributed by atoms with van der Waals surface area (Å²) in [5, 5.41) is 4.20. The third-order valence-electron chi connectivity index (χ3n) is 2.71. The van der Waals surface area contributed by atoms with E-state index in [4.69, 9.17) is 12.2 Å². The predicted octanol–water partition coefficient (Wildman–Crippen LogP) is 0.907. The molecule has 1 unspecified atom stereocenters. The molecule has 0 aromatic rings. The second-order valence-electron chi connectivity index (χ2n) is 4.08. The summed E-state index contributed by atoms with van der Waals surface area (Å²) in [5.74, 6) is 0. The van der Waals surface area contributed by atoms with Gasteiger partial charge in [0.05, 0.1) is 0 Å². The molecule has 1 saturated heterocycles. The van der Waals surface area contributed by atoms with Crippen LogP contribution in [0.5, 0.6) is 0 Å². The normalized spacial score (nSPS) is 21.7. The van der Waals surface area contributed by atoms with Gasteiger partial charge in [-0.1, -0.05) is 6.92 Å². The van der Waals surface area contributed by atoms with E-state index >= 15 is 0 Å². The van der Waals surface area contributed by atoms with Crippen LogP contribution < -0.4 is 5.32 Å². The second kappa shape index (κ2) is 5.51. The molecule has 1 aliphatic heterocycles. The number of nitrogens with zero attached hydrogens (tertiary/aromatic N) is 2. The molecule has 1 atom stereocenters. The molecule has 1 aliphatic rings. The fraction of sp³-hybridized carbons (Fsp3) is 0.900. The molecule has 0 aliphatic carbocycles. The van der Waals surface area contributed by atoms with Crippen molar-refractivity contribution in [3.05, 3.63) is 0 Å². The number of rotatable bonds is 3. The topological polar surface area (TPSA) is 18.5 Å². The molecule has 1 heterocycles. The molecule has 0 aromatic carbocycles. The lowest BCUT2D eigenvalue weighted by Gasteiger charge is -2.22. The lowest BCUT2D eigenvalue weighted by molar-refractivity contribution is 0.300. The van der Waals surface area contributed by atoms with Gasteiger partial charge in [0.15, 0.2) is 5.11 Å². The van der Waals surface area contributed by atoms with Gasteiger partial charge < -0.3 is 15.1 Å². The van der Waals surface area contributed by atoms with Crippen LogP contribution in [0, 0.1) is 0 Å². The van der Waals surface area contributed by atoms with Crippen LogP contribution in [-0.2, 0) is 0 Å². The van der Waals surface area contributed by atoms with Gasteiger partial charge in [0.25, 0.3) is 0 Å². The zero-order valence-corrected chi connectivity index (χ0v) is 10.2. The summed E-state index contributed by atoms with van der Waals surface area (Å²) in [6.07, 6.45) is 2.35. The zero-order valence-electron chi connectivity index (χ0n) is 9.42. The highest BCUT2D eigenvalue weighted by Gasteiger charge is 2.25. The SMILES string of the molecule is CCCNC(=S)N1CCC(N(C)C)C1. The average Bonchev–Trinajstić information content (AvgIpc) is 2.62. The van der Waals surface area contributed by atoms with Crippen molar-refractivity contribution in [2.45, 2.75) is 25.8 Å². The van der Waals surface area contributed by atoms with Gasteiger partial charge in [-0.2, -0.15) is 0 Å². The van der Waals surface area contributed by atoms with Crippen LogP contribution in [0.4, 0.5) is 0 Å². The number of hydrogen-bond acceptors (Lipinski definition) is 2. The molecule has 3 nitrogen and oxygen atoms in total. The maximum Gasteiger partial charge on any atom is 0.168 e. The Morgan fingerprint density at radius 1 is 1.57 bits per heavy atom. The summed E-state index contributed by atoms with van der Waals surface area (Å²) < 4.78 is 0. The molecule has 0 saturated carbocycles. The highest BCUT2D eigenvalue weighted by atomic mass is 32.1. The summed E-state index contributed by atoms with van der Waals surface area (Å²) >= 11 is 5.32. The monoisotopic (exact) mass is 215 g/mol. The number of likely N-dealkylation sites (tertiary alicyclic amines) is 1. The number of thiocarbonyl (C=S) groups is 1. The summed E-state index contributed by atoms with van der Waals surface area (Å²) in [6, 6.07) is 0.663. The van der Waals surface area contributed by atoms with Gasteiger partial charge in [0, 0.05) is 25.7 Å². The van der Waals surface area contributed by atoms with Crippen LogP contribution in [-0.4, -0.2) is 54.7 Å². The molecule has 0 aromatic heterocycles. The van der Waals surface area contributed by atoms with Crippen LogP contribution in [0.2, 0.25) is 0 Å². The first-order valence-corrected chi connectivity index (χ1v) is 5.75. The fourth-order valence-electron chi connectivity index (χ4n) is 1.69. The highest BCUT2D eigenvalue weighted by molar-refractivity contribution is 7.80. The quantitative estimate of drug-likeness (QED) is 0.705. The second-order valence-corrected chi connectivity index (χ2v) is 4.47. The standard InChI is InChI=1S/C10H21N3S/c1-4-6-11-10(14)13-7-5-9(8-13)12(2)3/h9H,4-8H2,1-3H3,(H,11,14). The molecule has 0 bridgehead atoms. The minimum atomic E-state index is 0.663. The molecule has 82 valence electrons. The Balaban J connectivity index is 2.30. The maximum absolute atomic E-state index is 5.32. The fourth-order valence-corrected chi connectivity index (χ4v) is 1.96. The predicted molar refractivity (Wildman–Crippen MR) is 64.6 cm³/mol. The van der Waals surface area contributed by atoms with E-state index < -0.39 is 0 Å². The van der Waals surface area contributed by atoms with Crippen LogP contribution in [0.1, 0.15) is 19.8 Å². The van der Waals surface area contributed by atoms with E-state index in [-0.39, 0.29) is 0 Å². The van der Waals surface area contributed by atoms with Crippen LogP contribution >= 0.6 is 12.2 Å². The van der Waals surface area contributed by atoms with Gasteiger partial charge >= 0.3 is 0 Å². The van der Waals surface area contributed by atoms with Gasteiger partial charge in [0.2, 0.25) is 0 Å². The third-order valence-corrected chi connectivity index (χ3v) is 3.11. The van der Waals surface area contributed by atoms with Crippen molar-refractivity contribution in [3.8, 4) is 0 Å². The molecule has 1 rings (SSSR count). The third kappa shape index (κ3) is 3.10. The van der Waals surface area contributed by atoms with Crippen molar-refractivity contribution in [1.29, 1.82) is 0 Å². The minimum Gasteiger partial charge on any atom is -0.363 e. The van der Waals surface area contributed by atoms with Crippen LogP contribution in [0.25, 0.3) is 0 Å². The molecule has 0 radical (unpaired) electrons. The highest BCUT2D eigenvalue weighted by Crippen LogP contribution is 2.12. The van der Waals surface area contributed by atoms with E-state index in [2.05, 4.69) is 36.1 Å². The molecule has 1 N–H and O–H groups in total. The molecular weight excluding hydrogens is 194 g/mol. The zero-order chi connectivity index (χ0) is 10.6. The summed E-state index contributed by atoms with van der Waals surface area (Å²) in [6.45, 7) is 5.31. The average molecular weight is 215 g/mol. The maximum atomic E-state index is 5.32. The lowest BCUT2D eigenvalue weighted by atomic mass is 10.2. The van der Waals surface area contributed by atoms with Crippen LogP contribution in [0.3, 0.4) is 0 Å². The Hall–Kier alpha value is -0.350. The van der Waals surface area contributed by atoms with Crippen molar-refractivity contribution in [1.82, 2.24) is 15.1 Å². The lowest BCUT2D eigenvalue weighted by Crippen LogP contribution is -2.40. The van der Waals surface area contributed by atoms with Crippen molar-refractivity contribution < 1.29 is 0 Å². The minimum absolute atomic E-state index is 0.663. The Morgan fingerprint density at radius 2 is 2.29 bits per heavy atom. The first-order chi connectivity index (χ1) is 6.65. The van der Waals surface area contributed by atoms with E-state index in [0.29, 0.717) is 6.04 Å². The Labute approximate surface area is 92.4 Å². The smallest absolute Gasteiger partial charge is 0.168 e. The number of nitrogens with one attached hydrogen (secondary N) is 1. The molecule has 0 spiro atoms. The summed E-state index contributed by atoms with van der Waals surface area (Å²) in [7, 11) is 4.27. The molecule has 0 amide bonds. The Kier molecular flexibility index (Phi) is 4.62. The summed E-state index contributed by atoms with van der Waals surface area (Å²) in [5.41, 5.74) is 0. The largest absolute Gasteiger partial charge is 0.363 e. The first-order valence-electron chi connectivity index (χ1n) is 5.34. The van der Waals surface area contributed by atoms with Crippen molar-refractivity contribution in [2.24, 2.45) is 0 Å².